The van der Waals surface area contributed by atoms with Crippen molar-refractivity contribution < 1.29 is 14.0 Å². The van der Waals surface area contributed by atoms with Gasteiger partial charge in [0, 0.05) is 12.1 Å². The topological polar surface area (TPSA) is 68.1 Å². The van der Waals surface area contributed by atoms with E-state index in [1.165, 1.54) is 30.2 Å². The fourth-order valence-electron chi connectivity index (χ4n) is 3.06. The van der Waals surface area contributed by atoms with Crippen molar-refractivity contribution in [1.29, 1.82) is 0 Å². The molecule has 0 N–H and O–H groups in total. The summed E-state index contributed by atoms with van der Waals surface area (Å²) in [4.78, 5) is 27.3. The summed E-state index contributed by atoms with van der Waals surface area (Å²) in [5.41, 5.74) is 0.493. The number of carbonyl (C=O) groups is 2. The molecule has 0 spiro atoms. The van der Waals surface area contributed by atoms with E-state index < -0.39 is 6.04 Å². The molecule has 1 aliphatic rings. The van der Waals surface area contributed by atoms with Crippen LogP contribution in [-0.2, 0) is 16.1 Å². The molecule has 6 nitrogen and oxygen atoms in total. The molecule has 0 radical (unpaired) electrons. The summed E-state index contributed by atoms with van der Waals surface area (Å²) >= 11 is 0. The molecular weight excluding hydrogens is 323 g/mol. The van der Waals surface area contributed by atoms with Crippen molar-refractivity contribution in [2.24, 2.45) is 5.92 Å². The molecule has 0 saturated carbocycles. The average molecular weight is 342 g/mol. The van der Waals surface area contributed by atoms with Gasteiger partial charge in [-0.1, -0.05) is 30.4 Å². The molecule has 1 unspecified atom stereocenters. The number of benzene rings is 1. The van der Waals surface area contributed by atoms with Crippen LogP contribution in [0, 0.1) is 11.7 Å². The van der Waals surface area contributed by atoms with Crippen molar-refractivity contribution in [2.75, 3.05) is 6.54 Å². The van der Waals surface area contributed by atoms with Crippen LogP contribution < -0.4 is 0 Å². The second kappa shape index (κ2) is 7.38. The quantitative estimate of drug-likeness (QED) is 0.833. The molecule has 0 bridgehead atoms. The van der Waals surface area contributed by atoms with E-state index in [1.54, 1.807) is 29.2 Å². The maximum atomic E-state index is 13.7. The molecule has 2 heterocycles. The van der Waals surface area contributed by atoms with Gasteiger partial charge in [-0.2, -0.15) is 15.0 Å². The normalized spacial score (nSPS) is 20.3. The highest BCUT2D eigenvalue weighted by molar-refractivity contribution is 5.88. The number of nitrogens with zero attached hydrogens (tertiary/aromatic N) is 4. The van der Waals surface area contributed by atoms with Gasteiger partial charge >= 0.3 is 0 Å². The molecule has 1 aliphatic heterocycles. The number of Topliss-reactive ketones (excluding diaryl/α,β-unsaturated/α-hetero) is 1. The number of ketones is 1. The lowest BCUT2D eigenvalue weighted by molar-refractivity contribution is -0.137. The van der Waals surface area contributed by atoms with Gasteiger partial charge in [-0.3, -0.25) is 9.59 Å². The lowest BCUT2D eigenvalue weighted by Gasteiger charge is -2.22. The minimum absolute atomic E-state index is 0.000524. The second-order valence-corrected chi connectivity index (χ2v) is 6.11. The van der Waals surface area contributed by atoms with Crippen LogP contribution in [0.1, 0.15) is 18.9 Å². The number of halogens is 1. The minimum atomic E-state index is -0.460. The second-order valence-electron chi connectivity index (χ2n) is 6.11. The molecule has 3 rings (SSSR count). The van der Waals surface area contributed by atoms with Crippen LogP contribution in [0.2, 0.25) is 0 Å². The lowest BCUT2D eigenvalue weighted by Crippen LogP contribution is -2.41. The van der Waals surface area contributed by atoms with Gasteiger partial charge in [0.2, 0.25) is 5.91 Å². The van der Waals surface area contributed by atoms with E-state index >= 15 is 0 Å². The third kappa shape index (κ3) is 3.99. The monoisotopic (exact) mass is 342 g/mol. The van der Waals surface area contributed by atoms with E-state index in [4.69, 9.17) is 0 Å². The maximum Gasteiger partial charge on any atom is 0.246 e. The minimum Gasteiger partial charge on any atom is -0.330 e. The molecule has 1 aromatic carbocycles. The van der Waals surface area contributed by atoms with E-state index in [-0.39, 0.29) is 30.0 Å². The zero-order chi connectivity index (χ0) is 17.8. The molecule has 1 saturated heterocycles. The summed E-state index contributed by atoms with van der Waals surface area (Å²) in [7, 11) is 0. The first-order valence-corrected chi connectivity index (χ1v) is 8.11. The molecule has 0 aliphatic carbocycles. The van der Waals surface area contributed by atoms with Gasteiger partial charge in [0.1, 0.15) is 12.4 Å². The van der Waals surface area contributed by atoms with E-state index in [9.17, 15) is 14.0 Å². The van der Waals surface area contributed by atoms with Crippen LogP contribution in [0.5, 0.6) is 0 Å². The van der Waals surface area contributed by atoms with Gasteiger partial charge in [-0.15, -0.1) is 0 Å². The molecule has 2 aromatic rings. The highest BCUT2D eigenvalue weighted by Crippen LogP contribution is 2.26. The SMILES string of the molecule is CC(=O)[C@@H]1CC(/C=C/c2ccccc2F)CN1C(=O)Cn1nccn1. The van der Waals surface area contributed by atoms with Gasteiger partial charge in [0.25, 0.3) is 0 Å². The Morgan fingerprint density at radius 3 is 2.68 bits per heavy atom. The average Bonchev–Trinajstić information content (AvgIpc) is 3.23. The van der Waals surface area contributed by atoms with Gasteiger partial charge in [-0.25, -0.2) is 4.39 Å². The van der Waals surface area contributed by atoms with E-state index in [0.29, 0.717) is 18.5 Å². The van der Waals surface area contributed by atoms with Crippen molar-refractivity contribution in [1.82, 2.24) is 19.9 Å². The first kappa shape index (κ1) is 17.0. The van der Waals surface area contributed by atoms with Crippen LogP contribution >= 0.6 is 0 Å². The Morgan fingerprint density at radius 1 is 1.28 bits per heavy atom. The summed E-state index contributed by atoms with van der Waals surface area (Å²) in [5.74, 6) is -0.539. The van der Waals surface area contributed by atoms with Crippen molar-refractivity contribution in [3.05, 3.63) is 54.1 Å². The number of hydrogen-bond donors (Lipinski definition) is 0. The van der Waals surface area contributed by atoms with E-state index in [0.717, 1.165) is 0 Å². The van der Waals surface area contributed by atoms with Gasteiger partial charge < -0.3 is 4.90 Å². The molecular formula is C18H19FN4O2. The Hall–Kier alpha value is -2.83. The van der Waals surface area contributed by atoms with Crippen LogP contribution in [0.3, 0.4) is 0 Å². The van der Waals surface area contributed by atoms with E-state index in [2.05, 4.69) is 10.2 Å². The summed E-state index contributed by atoms with van der Waals surface area (Å²) < 4.78 is 13.7. The summed E-state index contributed by atoms with van der Waals surface area (Å²) in [6.07, 6.45) is 7.12. The predicted molar refractivity (Wildman–Crippen MR) is 89.7 cm³/mol. The third-order valence-corrected chi connectivity index (χ3v) is 4.32. The number of amides is 1. The Bertz CT molecular complexity index is 788. The molecule has 1 fully saturated rings. The molecule has 7 heteroatoms. The summed E-state index contributed by atoms with van der Waals surface area (Å²) in [5, 5.41) is 7.84. The molecule has 1 aromatic heterocycles. The number of hydrogen-bond acceptors (Lipinski definition) is 4. The van der Waals surface area contributed by atoms with Gasteiger partial charge in [-0.05, 0) is 25.3 Å². The van der Waals surface area contributed by atoms with Crippen LogP contribution in [-0.4, -0.2) is 44.2 Å². The largest absolute Gasteiger partial charge is 0.330 e. The number of likely N-dealkylation sites (tertiary alicyclic amines) is 1. The Balaban J connectivity index is 1.71. The Labute approximate surface area is 144 Å². The maximum absolute atomic E-state index is 13.7. The van der Waals surface area contributed by atoms with Gasteiger partial charge in [0.05, 0.1) is 18.4 Å². The zero-order valence-electron chi connectivity index (χ0n) is 13.9. The third-order valence-electron chi connectivity index (χ3n) is 4.32. The van der Waals surface area contributed by atoms with Crippen molar-refractivity contribution in [3.8, 4) is 0 Å². The van der Waals surface area contributed by atoms with Crippen molar-refractivity contribution in [3.63, 3.8) is 0 Å². The fourth-order valence-corrected chi connectivity index (χ4v) is 3.06. The molecule has 1 amide bonds. The van der Waals surface area contributed by atoms with Crippen LogP contribution in [0.15, 0.2) is 42.7 Å². The Morgan fingerprint density at radius 2 is 2.00 bits per heavy atom. The number of carbonyl (C=O) groups excluding carboxylic acids is 2. The van der Waals surface area contributed by atoms with Gasteiger partial charge in [0.15, 0.2) is 5.78 Å². The Kier molecular flexibility index (Phi) is 5.02. The molecule has 25 heavy (non-hydrogen) atoms. The first-order chi connectivity index (χ1) is 12.0. The van der Waals surface area contributed by atoms with Crippen molar-refractivity contribution in [2.45, 2.75) is 25.9 Å². The predicted octanol–water partition coefficient (Wildman–Crippen LogP) is 1.94. The zero-order valence-corrected chi connectivity index (χ0v) is 13.9. The van der Waals surface area contributed by atoms with Crippen LogP contribution in [0.25, 0.3) is 6.08 Å². The molecule has 2 atom stereocenters. The van der Waals surface area contributed by atoms with Crippen LogP contribution in [0.4, 0.5) is 4.39 Å². The first-order valence-electron chi connectivity index (χ1n) is 8.11. The summed E-state index contributed by atoms with van der Waals surface area (Å²) in [6.45, 7) is 1.91. The summed E-state index contributed by atoms with van der Waals surface area (Å²) in [6, 6.07) is 6.04. The smallest absolute Gasteiger partial charge is 0.246 e. The number of rotatable bonds is 5. The highest BCUT2D eigenvalue weighted by atomic mass is 19.1. The highest BCUT2D eigenvalue weighted by Gasteiger charge is 2.36. The van der Waals surface area contributed by atoms with Crippen molar-refractivity contribution >= 4 is 17.8 Å². The molecule has 130 valence electrons. The number of aromatic nitrogens is 3. The standard InChI is InChI=1S/C18H19FN4O2/c1-13(24)17-10-14(6-7-15-4-2-3-5-16(15)19)11-22(17)18(25)12-23-20-8-9-21-23/h2-9,14,17H,10-12H2,1H3/b7-6+/t14?,17-/m0/s1. The van der Waals surface area contributed by atoms with E-state index in [1.807, 2.05) is 6.08 Å². The fraction of sp³-hybridized carbons (Fsp3) is 0.333. The lowest BCUT2D eigenvalue weighted by atomic mass is 10.0.